The van der Waals surface area contributed by atoms with Crippen LogP contribution in [0.5, 0.6) is 0 Å². The fourth-order valence-corrected chi connectivity index (χ4v) is 16.7. The fourth-order valence-electron chi connectivity index (χ4n) is 8.67. The molecule has 0 amide bonds. The van der Waals surface area contributed by atoms with Gasteiger partial charge in [0.25, 0.3) is 0 Å². The molecule has 0 aliphatic heterocycles. The predicted octanol–water partition coefficient (Wildman–Crippen LogP) is 13.7. The number of halogens is 4. The van der Waals surface area contributed by atoms with E-state index in [4.69, 9.17) is 17.0 Å². The van der Waals surface area contributed by atoms with Crippen molar-refractivity contribution in [2.24, 2.45) is 11.8 Å². The van der Waals surface area contributed by atoms with Crippen LogP contribution in [0.25, 0.3) is 6.08 Å². The van der Waals surface area contributed by atoms with E-state index in [0.29, 0.717) is 0 Å². The molecule has 3 saturated carbocycles. The minimum absolute atomic E-state index is 0. The van der Waals surface area contributed by atoms with E-state index in [1.807, 2.05) is 0 Å². The van der Waals surface area contributed by atoms with E-state index in [1.165, 1.54) is 84.0 Å². The maximum absolute atomic E-state index is 4.93. The molecule has 6 atom stereocenters. The van der Waals surface area contributed by atoms with Crippen molar-refractivity contribution in [3.8, 4) is 0 Å². The number of rotatable bonds is 6. The maximum atomic E-state index is 4.93. The molecule has 8 rings (SSSR count). The average molecular weight is 939 g/mol. The molecule has 0 radical (unpaired) electrons. The van der Waals surface area contributed by atoms with E-state index in [0.717, 1.165) is 40.8 Å². The summed E-state index contributed by atoms with van der Waals surface area (Å²) >= 11 is 6.89. The van der Waals surface area contributed by atoms with Gasteiger partial charge < -0.3 is 14.9 Å². The van der Waals surface area contributed by atoms with Gasteiger partial charge in [0.15, 0.2) is 0 Å². The Bertz CT molecular complexity index is 1540. The second-order valence-electron chi connectivity index (χ2n) is 13.2. The molecular formula is C42H50Br2Cl2P2Zr. The molecule has 0 aromatic heterocycles. The molecule has 0 bridgehead atoms. The van der Waals surface area contributed by atoms with Gasteiger partial charge in [-0.15, -0.1) is 0 Å². The van der Waals surface area contributed by atoms with Crippen LogP contribution >= 0.6 is 64.7 Å². The zero-order valence-electron chi connectivity index (χ0n) is 28.9. The zero-order chi connectivity index (χ0) is 32.6. The molecule has 0 N–H and O–H groups in total. The third-order valence-electron chi connectivity index (χ3n) is 10.6. The summed E-state index contributed by atoms with van der Waals surface area (Å²) in [6, 6.07) is 27.2. The van der Waals surface area contributed by atoms with Crippen LogP contribution in [0.4, 0.5) is 0 Å². The van der Waals surface area contributed by atoms with Crippen molar-refractivity contribution in [2.45, 2.75) is 86.8 Å². The standard InChI is InChI=1S/C20H28BrP.C20H16BrP.2CH3.2ClH.Zr/c2*21-19-13-14-20(18-12-6-11-17(18)19)22(16-9-4-5-10-16)15-7-2-1-3-8-15;;;;;/h1-3,7-8,16-20H,4-6,9-14H2;1-9,11,13-14H,10,12H2;2*1H3;2*1H;/q;;2*-1;;;+4/p-2. The van der Waals surface area contributed by atoms with Crippen molar-refractivity contribution in [3.63, 3.8) is 0 Å². The van der Waals surface area contributed by atoms with E-state index in [1.54, 1.807) is 10.6 Å². The van der Waals surface area contributed by atoms with Crippen molar-refractivity contribution in [3.05, 3.63) is 133 Å². The topological polar surface area (TPSA) is 0 Å². The van der Waals surface area contributed by atoms with E-state index < -0.39 is 28.8 Å². The quantitative estimate of drug-likeness (QED) is 0.131. The first kappa shape index (κ1) is 41.9. The second kappa shape index (κ2) is 21.2. The number of hydrogen-bond donors (Lipinski definition) is 0. The van der Waals surface area contributed by atoms with E-state index in [2.05, 4.69) is 135 Å². The van der Waals surface area contributed by atoms with Crippen molar-refractivity contribution in [1.82, 2.24) is 0 Å². The Balaban J connectivity index is 0.000000197. The summed E-state index contributed by atoms with van der Waals surface area (Å²) in [5.41, 5.74) is 4.90. The molecular weight excluding hydrogens is 888 g/mol. The third kappa shape index (κ3) is 10.2. The van der Waals surface area contributed by atoms with Crippen LogP contribution in [-0.4, -0.2) is 16.1 Å². The van der Waals surface area contributed by atoms with Crippen molar-refractivity contribution < 1.29 is 20.8 Å². The normalized spacial score (nSPS) is 24.4. The molecule has 6 unspecified atom stereocenters. The Morgan fingerprint density at radius 3 is 2.00 bits per heavy atom. The van der Waals surface area contributed by atoms with Gasteiger partial charge in [0.05, 0.1) is 0 Å². The van der Waals surface area contributed by atoms with Crippen molar-refractivity contribution in [2.75, 3.05) is 0 Å². The SMILES string of the molecule is BrC1CCC(P(c2ccccc2)C2CCCC2)C2CCCC12.Brc1ccc(P(C2=CC=CC2)c2ccccc2)c2c1C=CC2.[CH3-].[CH3-].[Cl][Zr+2][Cl]. The first-order chi connectivity index (χ1) is 23.1. The van der Waals surface area contributed by atoms with Gasteiger partial charge in [-0.3, -0.25) is 0 Å². The van der Waals surface area contributed by atoms with Crippen LogP contribution in [0.1, 0.15) is 75.3 Å². The molecule has 49 heavy (non-hydrogen) atoms. The molecule has 3 aromatic rings. The number of alkyl halides is 1. The minimum atomic E-state index is -0.826. The first-order valence-electron chi connectivity index (χ1n) is 17.2. The molecule has 0 saturated heterocycles. The van der Waals surface area contributed by atoms with Gasteiger partial charge >= 0.3 is 37.9 Å². The predicted molar refractivity (Wildman–Crippen MR) is 228 cm³/mol. The number of benzene rings is 3. The molecule has 5 aliphatic rings. The third-order valence-corrected chi connectivity index (χ3v) is 18.6. The molecule has 5 aliphatic carbocycles. The molecule has 7 heteroatoms. The van der Waals surface area contributed by atoms with E-state index in [-0.39, 0.29) is 22.8 Å². The van der Waals surface area contributed by atoms with E-state index >= 15 is 0 Å². The summed E-state index contributed by atoms with van der Waals surface area (Å²) in [5, 5.41) is 6.23. The number of allylic oxidation sites excluding steroid dienone is 5. The fraction of sp³-hybridized carbons (Fsp3) is 0.381. The van der Waals surface area contributed by atoms with Crippen LogP contribution in [-0.2, 0) is 27.3 Å². The zero-order valence-corrected chi connectivity index (χ0v) is 37.8. The Morgan fingerprint density at radius 2 is 1.35 bits per heavy atom. The van der Waals surface area contributed by atoms with Crippen molar-refractivity contribution in [1.29, 1.82) is 0 Å². The summed E-state index contributed by atoms with van der Waals surface area (Å²) < 4.78 is 1.21. The summed E-state index contributed by atoms with van der Waals surface area (Å²) in [7, 11) is 9.49. The van der Waals surface area contributed by atoms with Gasteiger partial charge in [-0.1, -0.05) is 156 Å². The molecule has 3 aromatic carbocycles. The monoisotopic (exact) mass is 934 g/mol. The summed E-state index contributed by atoms with van der Waals surface area (Å²) in [6.07, 6.45) is 26.8. The van der Waals surface area contributed by atoms with Crippen LogP contribution in [0.3, 0.4) is 0 Å². The van der Waals surface area contributed by atoms with Crippen LogP contribution in [0, 0.1) is 26.7 Å². The van der Waals surface area contributed by atoms with Crippen LogP contribution < -0.4 is 15.9 Å². The molecule has 0 nitrogen and oxygen atoms in total. The van der Waals surface area contributed by atoms with Crippen LogP contribution in [0.2, 0.25) is 0 Å². The Labute approximate surface area is 335 Å². The Kier molecular flexibility index (Phi) is 18.1. The number of hydrogen-bond acceptors (Lipinski definition) is 0. The summed E-state index contributed by atoms with van der Waals surface area (Å²) in [4.78, 5) is 0.812. The molecule has 260 valence electrons. The van der Waals surface area contributed by atoms with Gasteiger partial charge in [-0.05, 0) is 121 Å². The van der Waals surface area contributed by atoms with E-state index in [9.17, 15) is 0 Å². The molecule has 3 fully saturated rings. The summed E-state index contributed by atoms with van der Waals surface area (Å²) in [6.45, 7) is 0. The first-order valence-corrected chi connectivity index (χ1v) is 28.1. The van der Waals surface area contributed by atoms with Crippen LogP contribution in [0.15, 0.2) is 107 Å². The van der Waals surface area contributed by atoms with Crippen molar-refractivity contribution >= 4 is 86.7 Å². The van der Waals surface area contributed by atoms with Gasteiger partial charge in [0.2, 0.25) is 0 Å². The summed E-state index contributed by atoms with van der Waals surface area (Å²) in [5.74, 6) is 2.00. The second-order valence-corrected chi connectivity index (χ2v) is 23.9. The molecule has 0 heterocycles. The Morgan fingerprint density at radius 1 is 0.694 bits per heavy atom. The van der Waals surface area contributed by atoms with Gasteiger partial charge in [-0.2, -0.15) is 0 Å². The Hall–Kier alpha value is 0.163. The van der Waals surface area contributed by atoms with Gasteiger partial charge in [0.1, 0.15) is 0 Å². The number of fused-ring (bicyclic) bond motifs is 2. The van der Waals surface area contributed by atoms with Gasteiger partial charge in [-0.25, -0.2) is 0 Å². The molecule has 0 spiro atoms. The van der Waals surface area contributed by atoms with Gasteiger partial charge in [0, 0.05) is 9.30 Å². The average Bonchev–Trinajstić information content (AvgIpc) is 3.94.